The van der Waals surface area contributed by atoms with Gasteiger partial charge in [0.05, 0.1) is 12.3 Å². The molecule has 21 heavy (non-hydrogen) atoms. The topological polar surface area (TPSA) is 21.3 Å². The van der Waals surface area contributed by atoms with Crippen molar-refractivity contribution < 1.29 is 9.23 Å². The largest absolute Gasteiger partial charge is 0.271 e. The molecule has 3 heteroatoms. The van der Waals surface area contributed by atoms with Gasteiger partial charge in [-0.2, -0.15) is 0 Å². The van der Waals surface area contributed by atoms with Crippen LogP contribution in [-0.2, 0) is 11.4 Å². The van der Waals surface area contributed by atoms with Gasteiger partial charge in [0.15, 0.2) is 0 Å². The summed E-state index contributed by atoms with van der Waals surface area (Å²) in [5.41, 5.74) is 5.97. The lowest BCUT2D eigenvalue weighted by Gasteiger charge is -2.12. The molecule has 0 radical (unpaired) electrons. The van der Waals surface area contributed by atoms with Crippen molar-refractivity contribution in [2.24, 2.45) is 5.92 Å². The Labute approximate surface area is 124 Å². The first-order chi connectivity index (χ1) is 10.3. The summed E-state index contributed by atoms with van der Waals surface area (Å²) in [6.45, 7) is 0.490. The molecule has 2 nitrogen and oxygen atoms in total. The Kier molecular flexibility index (Phi) is 4.31. The monoisotopic (exact) mass is 283 g/mol. The van der Waals surface area contributed by atoms with E-state index in [1.165, 1.54) is 25.0 Å². The fraction of sp³-hybridized carbons (Fsp3) is 0.222. The Bertz CT molecular complexity index is 603. The molecule has 0 aliphatic heterocycles. The summed E-state index contributed by atoms with van der Waals surface area (Å²) in [7, 11) is 0. The predicted octanol–water partition coefficient (Wildman–Crippen LogP) is 4.30. The molecule has 3 rings (SSSR count). The van der Waals surface area contributed by atoms with E-state index in [0.717, 1.165) is 16.8 Å². The Morgan fingerprint density at radius 1 is 1.10 bits per heavy atom. The Morgan fingerprint density at radius 3 is 2.48 bits per heavy atom. The number of hydroxylamine groups is 1. The van der Waals surface area contributed by atoms with Crippen LogP contribution in [0.15, 0.2) is 60.7 Å². The van der Waals surface area contributed by atoms with Gasteiger partial charge in [-0.3, -0.25) is 10.3 Å². The lowest BCUT2D eigenvalue weighted by atomic mass is 10.1. The number of benzene rings is 2. The van der Waals surface area contributed by atoms with Crippen LogP contribution in [0.2, 0.25) is 0 Å². The highest BCUT2D eigenvalue weighted by Gasteiger charge is 2.20. The predicted molar refractivity (Wildman–Crippen MR) is 81.5 cm³/mol. The first-order valence-electron chi connectivity index (χ1n) is 7.21. The van der Waals surface area contributed by atoms with Crippen molar-refractivity contribution in [2.75, 3.05) is 0 Å². The molecule has 0 bridgehead atoms. The minimum atomic E-state index is -0.227. The van der Waals surface area contributed by atoms with E-state index in [0.29, 0.717) is 12.5 Å². The molecule has 0 spiro atoms. The van der Waals surface area contributed by atoms with Gasteiger partial charge < -0.3 is 0 Å². The fourth-order valence-corrected chi connectivity index (χ4v) is 2.09. The van der Waals surface area contributed by atoms with Gasteiger partial charge in [0.1, 0.15) is 5.82 Å². The zero-order chi connectivity index (χ0) is 14.5. The molecule has 2 aromatic rings. The second-order valence-corrected chi connectivity index (χ2v) is 5.30. The normalized spacial score (nSPS) is 15.0. The van der Waals surface area contributed by atoms with Gasteiger partial charge in [0, 0.05) is 0 Å². The third-order valence-corrected chi connectivity index (χ3v) is 3.44. The molecule has 1 fully saturated rings. The van der Waals surface area contributed by atoms with E-state index >= 15 is 0 Å². The number of allylic oxidation sites excluding steroid dienone is 1. The van der Waals surface area contributed by atoms with Crippen LogP contribution >= 0.6 is 0 Å². The van der Waals surface area contributed by atoms with Gasteiger partial charge in [-0.05, 0) is 54.2 Å². The molecular weight excluding hydrogens is 265 g/mol. The third kappa shape index (κ3) is 4.17. The van der Waals surface area contributed by atoms with E-state index in [9.17, 15) is 4.39 Å². The zero-order valence-corrected chi connectivity index (χ0v) is 11.8. The van der Waals surface area contributed by atoms with E-state index in [1.807, 2.05) is 30.3 Å². The number of halogens is 1. The first kappa shape index (κ1) is 13.8. The number of hydrogen-bond acceptors (Lipinski definition) is 2. The highest BCUT2D eigenvalue weighted by Crippen LogP contribution is 2.32. The molecule has 2 aromatic carbocycles. The highest BCUT2D eigenvalue weighted by atomic mass is 19.1. The van der Waals surface area contributed by atoms with Crippen LogP contribution < -0.4 is 5.48 Å². The highest BCUT2D eigenvalue weighted by molar-refractivity contribution is 5.63. The number of nitrogens with one attached hydrogen (secondary N) is 1. The van der Waals surface area contributed by atoms with Crippen molar-refractivity contribution in [3.05, 3.63) is 77.6 Å². The van der Waals surface area contributed by atoms with Crippen LogP contribution in [0.4, 0.5) is 4.39 Å². The van der Waals surface area contributed by atoms with Crippen molar-refractivity contribution in [3.63, 3.8) is 0 Å². The van der Waals surface area contributed by atoms with Gasteiger partial charge in [0.2, 0.25) is 0 Å². The molecular formula is C18H18FNO. The van der Waals surface area contributed by atoms with Gasteiger partial charge >= 0.3 is 0 Å². The average molecular weight is 283 g/mol. The SMILES string of the molecule is Fc1ccc(C(=CC2CC2)NOCc2ccccc2)cc1. The summed E-state index contributed by atoms with van der Waals surface area (Å²) in [5.74, 6) is 0.382. The first-order valence-corrected chi connectivity index (χ1v) is 7.21. The second-order valence-electron chi connectivity index (χ2n) is 5.30. The average Bonchev–Trinajstić information content (AvgIpc) is 3.32. The molecule has 0 amide bonds. The smallest absolute Gasteiger partial charge is 0.123 e. The standard InChI is InChI=1S/C18H18FNO/c19-17-10-8-16(9-11-17)18(12-14-6-7-14)20-21-13-15-4-2-1-3-5-15/h1-5,8-12,14,20H,6-7,13H2. The second kappa shape index (κ2) is 6.55. The van der Waals surface area contributed by atoms with E-state index in [1.54, 1.807) is 12.1 Å². The van der Waals surface area contributed by atoms with Crippen molar-refractivity contribution in [1.29, 1.82) is 0 Å². The molecule has 1 aliphatic rings. The lowest BCUT2D eigenvalue weighted by molar-refractivity contribution is 0.0644. The van der Waals surface area contributed by atoms with Crippen LogP contribution in [0.25, 0.3) is 5.70 Å². The van der Waals surface area contributed by atoms with Gasteiger partial charge in [-0.25, -0.2) is 4.39 Å². The third-order valence-electron chi connectivity index (χ3n) is 3.44. The van der Waals surface area contributed by atoms with E-state index in [-0.39, 0.29) is 5.82 Å². The quantitative estimate of drug-likeness (QED) is 0.798. The summed E-state index contributed by atoms with van der Waals surface area (Å²) < 4.78 is 13.0. The molecule has 1 saturated carbocycles. The minimum absolute atomic E-state index is 0.227. The molecule has 0 atom stereocenters. The van der Waals surface area contributed by atoms with Crippen LogP contribution in [0.5, 0.6) is 0 Å². The van der Waals surface area contributed by atoms with Crippen LogP contribution in [0.1, 0.15) is 24.0 Å². The van der Waals surface area contributed by atoms with Gasteiger partial charge in [-0.1, -0.05) is 36.4 Å². The summed E-state index contributed by atoms with van der Waals surface area (Å²) >= 11 is 0. The van der Waals surface area contributed by atoms with Crippen molar-refractivity contribution in [3.8, 4) is 0 Å². The van der Waals surface area contributed by atoms with E-state index in [4.69, 9.17) is 4.84 Å². The Morgan fingerprint density at radius 2 is 1.81 bits per heavy atom. The maximum Gasteiger partial charge on any atom is 0.123 e. The van der Waals surface area contributed by atoms with Crippen LogP contribution in [-0.4, -0.2) is 0 Å². The maximum absolute atomic E-state index is 13.0. The van der Waals surface area contributed by atoms with Crippen LogP contribution in [0, 0.1) is 11.7 Å². The van der Waals surface area contributed by atoms with E-state index in [2.05, 4.69) is 11.6 Å². The van der Waals surface area contributed by atoms with Crippen molar-refractivity contribution in [1.82, 2.24) is 5.48 Å². The Hall–Kier alpha value is -2.13. The Balaban J connectivity index is 1.64. The summed E-state index contributed by atoms with van der Waals surface area (Å²) in [6.07, 6.45) is 4.59. The summed E-state index contributed by atoms with van der Waals surface area (Å²) in [5, 5.41) is 0. The van der Waals surface area contributed by atoms with Gasteiger partial charge in [-0.15, -0.1) is 0 Å². The van der Waals surface area contributed by atoms with Crippen molar-refractivity contribution >= 4 is 5.70 Å². The molecule has 0 saturated heterocycles. The van der Waals surface area contributed by atoms with Crippen LogP contribution in [0.3, 0.4) is 0 Å². The van der Waals surface area contributed by atoms with E-state index < -0.39 is 0 Å². The van der Waals surface area contributed by atoms with Crippen molar-refractivity contribution in [2.45, 2.75) is 19.4 Å². The molecule has 0 aromatic heterocycles. The number of hydrogen-bond donors (Lipinski definition) is 1. The molecule has 0 unspecified atom stereocenters. The summed E-state index contributed by atoms with van der Waals surface area (Å²) in [4.78, 5) is 5.58. The molecule has 0 heterocycles. The molecule has 1 aliphatic carbocycles. The minimum Gasteiger partial charge on any atom is -0.271 e. The zero-order valence-electron chi connectivity index (χ0n) is 11.8. The maximum atomic E-state index is 13.0. The van der Waals surface area contributed by atoms with Gasteiger partial charge in [0.25, 0.3) is 0 Å². The summed E-state index contributed by atoms with van der Waals surface area (Å²) in [6, 6.07) is 16.5. The molecule has 108 valence electrons. The molecule has 1 N–H and O–H groups in total. The number of rotatable bonds is 6. The fourth-order valence-electron chi connectivity index (χ4n) is 2.09. The lowest BCUT2D eigenvalue weighted by Crippen LogP contribution is -2.13.